The fraction of sp³-hybridized carbons (Fsp3) is 0.231. The number of aliphatic imine (C=N–C) groups is 1. The van der Waals surface area contributed by atoms with E-state index in [9.17, 15) is 0 Å². The second kappa shape index (κ2) is 8.41. The molecule has 0 saturated heterocycles. The molecule has 0 unspecified atom stereocenters. The normalized spacial score (nSPS) is 10.8. The molecule has 0 fully saturated rings. The molecule has 0 saturated carbocycles. The number of hydrogen-bond donors (Lipinski definition) is 2. The van der Waals surface area contributed by atoms with Crippen LogP contribution in [0, 0.1) is 0 Å². The van der Waals surface area contributed by atoms with Gasteiger partial charge in [0.15, 0.2) is 5.96 Å². The lowest BCUT2D eigenvalue weighted by Gasteiger charge is -2.06. The van der Waals surface area contributed by atoms with Crippen LogP contribution in [0.4, 0.5) is 5.69 Å². The van der Waals surface area contributed by atoms with Gasteiger partial charge in [-0.05, 0) is 24.3 Å². The van der Waals surface area contributed by atoms with Gasteiger partial charge < -0.3 is 20.4 Å². The standard InChI is InChI=1S/C13H17N5O.HI/c1-19-12-4-2-11(3-5-12)17-13(14)16-7-9-18-8-6-15-10-18;/h2-6,8,10H,7,9H2,1H3,(H3,14,16,17);1H. The fourth-order valence-corrected chi connectivity index (χ4v) is 1.57. The molecule has 0 atom stereocenters. The van der Waals surface area contributed by atoms with Gasteiger partial charge in [0, 0.05) is 24.6 Å². The van der Waals surface area contributed by atoms with E-state index in [0.717, 1.165) is 18.0 Å². The number of ether oxygens (including phenoxy) is 1. The van der Waals surface area contributed by atoms with E-state index in [1.54, 1.807) is 19.6 Å². The van der Waals surface area contributed by atoms with Crippen molar-refractivity contribution in [3.05, 3.63) is 43.0 Å². The van der Waals surface area contributed by atoms with E-state index in [2.05, 4.69) is 15.3 Å². The van der Waals surface area contributed by atoms with Crippen LogP contribution in [0.5, 0.6) is 5.75 Å². The van der Waals surface area contributed by atoms with Gasteiger partial charge in [-0.3, -0.25) is 4.99 Å². The maximum atomic E-state index is 5.80. The molecule has 0 amide bonds. The van der Waals surface area contributed by atoms with E-state index in [0.29, 0.717) is 12.5 Å². The summed E-state index contributed by atoms with van der Waals surface area (Å²) in [6.45, 7) is 1.36. The molecule has 7 heteroatoms. The third kappa shape index (κ3) is 5.08. The number of methoxy groups -OCH3 is 1. The zero-order valence-electron chi connectivity index (χ0n) is 11.2. The fourth-order valence-electron chi connectivity index (χ4n) is 1.57. The summed E-state index contributed by atoms with van der Waals surface area (Å²) in [5.41, 5.74) is 6.68. The van der Waals surface area contributed by atoms with Gasteiger partial charge in [0.1, 0.15) is 5.75 Å². The van der Waals surface area contributed by atoms with Crippen LogP contribution < -0.4 is 15.8 Å². The highest BCUT2D eigenvalue weighted by molar-refractivity contribution is 14.0. The van der Waals surface area contributed by atoms with Gasteiger partial charge in [-0.2, -0.15) is 0 Å². The van der Waals surface area contributed by atoms with Crippen LogP contribution in [0.1, 0.15) is 0 Å². The van der Waals surface area contributed by atoms with Crippen molar-refractivity contribution in [3.8, 4) is 5.75 Å². The third-order valence-corrected chi connectivity index (χ3v) is 2.56. The van der Waals surface area contributed by atoms with Crippen LogP contribution in [-0.4, -0.2) is 29.2 Å². The molecule has 0 radical (unpaired) electrons. The number of anilines is 1. The molecule has 2 aromatic rings. The Bertz CT molecular complexity index is 524. The molecule has 0 aliphatic heterocycles. The number of nitrogens with two attached hydrogens (primary N) is 1. The number of nitrogens with one attached hydrogen (secondary N) is 1. The Balaban J connectivity index is 0.00000200. The van der Waals surface area contributed by atoms with Crippen LogP contribution in [0.15, 0.2) is 48.0 Å². The van der Waals surface area contributed by atoms with Crippen molar-refractivity contribution in [3.63, 3.8) is 0 Å². The van der Waals surface area contributed by atoms with Gasteiger partial charge in [-0.15, -0.1) is 24.0 Å². The van der Waals surface area contributed by atoms with E-state index in [1.165, 1.54) is 0 Å². The van der Waals surface area contributed by atoms with Crippen molar-refractivity contribution in [2.24, 2.45) is 10.7 Å². The van der Waals surface area contributed by atoms with Crippen LogP contribution in [0.2, 0.25) is 0 Å². The molecule has 6 nitrogen and oxygen atoms in total. The van der Waals surface area contributed by atoms with Gasteiger partial charge >= 0.3 is 0 Å². The molecule has 0 bridgehead atoms. The first kappa shape index (κ1) is 16.3. The Labute approximate surface area is 135 Å². The van der Waals surface area contributed by atoms with Crippen LogP contribution in [-0.2, 0) is 6.54 Å². The lowest BCUT2D eigenvalue weighted by atomic mass is 10.3. The summed E-state index contributed by atoms with van der Waals surface area (Å²) in [5, 5.41) is 3.02. The summed E-state index contributed by atoms with van der Waals surface area (Å²) in [7, 11) is 1.63. The Morgan fingerprint density at radius 1 is 1.40 bits per heavy atom. The largest absolute Gasteiger partial charge is 0.497 e. The second-order valence-corrected chi connectivity index (χ2v) is 3.92. The molecule has 108 valence electrons. The number of benzene rings is 1. The van der Waals surface area contributed by atoms with Crippen LogP contribution in [0.25, 0.3) is 0 Å². The molecule has 3 N–H and O–H groups in total. The van der Waals surface area contributed by atoms with Crippen LogP contribution >= 0.6 is 24.0 Å². The lowest BCUT2D eigenvalue weighted by Crippen LogP contribution is -2.23. The van der Waals surface area contributed by atoms with E-state index in [1.807, 2.05) is 35.0 Å². The smallest absolute Gasteiger partial charge is 0.193 e. The maximum absolute atomic E-state index is 5.80. The first-order valence-electron chi connectivity index (χ1n) is 5.94. The molecule has 1 aromatic heterocycles. The summed E-state index contributed by atoms with van der Waals surface area (Å²) < 4.78 is 7.03. The SMILES string of the molecule is COc1ccc(NC(N)=NCCn2ccnc2)cc1.I. The number of imidazole rings is 1. The Hall–Kier alpha value is -1.77. The van der Waals surface area contributed by atoms with E-state index in [-0.39, 0.29) is 24.0 Å². The molecule has 0 spiro atoms. The molecular formula is C13H18IN5O. The third-order valence-electron chi connectivity index (χ3n) is 2.56. The predicted octanol–water partition coefficient (Wildman–Crippen LogP) is 1.94. The highest BCUT2D eigenvalue weighted by Crippen LogP contribution is 2.14. The summed E-state index contributed by atoms with van der Waals surface area (Å²) in [5.74, 6) is 1.20. The number of rotatable bonds is 5. The van der Waals surface area contributed by atoms with Crippen molar-refractivity contribution in [1.82, 2.24) is 9.55 Å². The van der Waals surface area contributed by atoms with Gasteiger partial charge in [0.05, 0.1) is 20.0 Å². The average Bonchev–Trinajstić information content (AvgIpc) is 2.93. The van der Waals surface area contributed by atoms with Crippen molar-refractivity contribution in [2.45, 2.75) is 6.54 Å². The Morgan fingerprint density at radius 3 is 2.75 bits per heavy atom. The first-order valence-corrected chi connectivity index (χ1v) is 5.94. The molecule has 2 rings (SSSR count). The average molecular weight is 387 g/mol. The zero-order valence-corrected chi connectivity index (χ0v) is 13.5. The summed E-state index contributed by atoms with van der Waals surface area (Å²) >= 11 is 0. The quantitative estimate of drug-likeness (QED) is 0.467. The minimum atomic E-state index is 0. The number of hydrogen-bond acceptors (Lipinski definition) is 3. The number of aromatic nitrogens is 2. The summed E-state index contributed by atoms with van der Waals surface area (Å²) in [6, 6.07) is 7.50. The number of nitrogens with zero attached hydrogens (tertiary/aromatic N) is 3. The number of halogens is 1. The van der Waals surface area contributed by atoms with Crippen LogP contribution in [0.3, 0.4) is 0 Å². The van der Waals surface area contributed by atoms with Gasteiger partial charge in [0.25, 0.3) is 0 Å². The molecular weight excluding hydrogens is 369 g/mol. The topological polar surface area (TPSA) is 77.5 Å². The van der Waals surface area contributed by atoms with E-state index >= 15 is 0 Å². The summed E-state index contributed by atoms with van der Waals surface area (Å²) in [6.07, 6.45) is 5.38. The Kier molecular flexibility index (Phi) is 6.85. The van der Waals surface area contributed by atoms with Gasteiger partial charge in [0.2, 0.25) is 0 Å². The minimum absolute atomic E-state index is 0. The van der Waals surface area contributed by atoms with E-state index < -0.39 is 0 Å². The number of guanidine groups is 1. The second-order valence-electron chi connectivity index (χ2n) is 3.92. The van der Waals surface area contributed by atoms with Crippen molar-refractivity contribution in [2.75, 3.05) is 19.0 Å². The van der Waals surface area contributed by atoms with Crippen molar-refractivity contribution in [1.29, 1.82) is 0 Å². The predicted molar refractivity (Wildman–Crippen MR) is 90.7 cm³/mol. The lowest BCUT2D eigenvalue weighted by molar-refractivity contribution is 0.415. The van der Waals surface area contributed by atoms with Crippen molar-refractivity contribution < 1.29 is 4.74 Å². The molecule has 1 heterocycles. The van der Waals surface area contributed by atoms with Crippen molar-refractivity contribution >= 4 is 35.6 Å². The van der Waals surface area contributed by atoms with Gasteiger partial charge in [-0.25, -0.2) is 4.98 Å². The monoisotopic (exact) mass is 387 g/mol. The minimum Gasteiger partial charge on any atom is -0.497 e. The summed E-state index contributed by atoms with van der Waals surface area (Å²) in [4.78, 5) is 8.20. The highest BCUT2D eigenvalue weighted by Gasteiger charge is 1.96. The van der Waals surface area contributed by atoms with Gasteiger partial charge in [-0.1, -0.05) is 0 Å². The molecule has 0 aliphatic rings. The molecule has 0 aliphatic carbocycles. The maximum Gasteiger partial charge on any atom is 0.193 e. The first-order chi connectivity index (χ1) is 9.28. The molecule has 1 aromatic carbocycles. The molecule has 20 heavy (non-hydrogen) atoms. The zero-order chi connectivity index (χ0) is 13.5. The Morgan fingerprint density at radius 2 is 2.15 bits per heavy atom. The highest BCUT2D eigenvalue weighted by atomic mass is 127. The van der Waals surface area contributed by atoms with E-state index in [4.69, 9.17) is 10.5 Å².